The number of hydrogen-bond donors (Lipinski definition) is 1. The fourth-order valence-electron chi connectivity index (χ4n) is 3.02. The Balaban J connectivity index is 1.84. The van der Waals surface area contributed by atoms with Crippen molar-refractivity contribution in [2.24, 2.45) is 18.7 Å². The molecule has 0 aliphatic heterocycles. The molecule has 4 heteroatoms. The van der Waals surface area contributed by atoms with Crippen molar-refractivity contribution < 1.29 is 0 Å². The smallest absolute Gasteiger partial charge is 0.130 e. The molecule has 102 valence electrons. The quantitative estimate of drug-likeness (QED) is 0.892. The first kappa shape index (κ1) is 13.9. The van der Waals surface area contributed by atoms with Gasteiger partial charge in [0.1, 0.15) is 5.15 Å². The molecule has 18 heavy (non-hydrogen) atoms. The molecule has 1 aliphatic rings. The predicted octanol–water partition coefficient (Wildman–Crippen LogP) is 3.22. The van der Waals surface area contributed by atoms with E-state index in [1.807, 2.05) is 14.0 Å². The lowest BCUT2D eigenvalue weighted by molar-refractivity contribution is 0.447. The van der Waals surface area contributed by atoms with Gasteiger partial charge < -0.3 is 5.73 Å². The van der Waals surface area contributed by atoms with Gasteiger partial charge >= 0.3 is 0 Å². The first-order chi connectivity index (χ1) is 8.58. The van der Waals surface area contributed by atoms with Crippen molar-refractivity contribution in [1.29, 1.82) is 0 Å². The normalized spacial score (nSPS) is 18.4. The van der Waals surface area contributed by atoms with Crippen molar-refractivity contribution in [3.8, 4) is 0 Å². The molecule has 1 heterocycles. The number of hydrogen-bond acceptors (Lipinski definition) is 2. The van der Waals surface area contributed by atoms with Crippen molar-refractivity contribution >= 4 is 11.6 Å². The van der Waals surface area contributed by atoms with Crippen molar-refractivity contribution in [1.82, 2.24) is 9.78 Å². The van der Waals surface area contributed by atoms with E-state index in [0.29, 0.717) is 0 Å². The van der Waals surface area contributed by atoms with Gasteiger partial charge in [-0.05, 0) is 32.1 Å². The molecule has 0 aromatic carbocycles. The highest BCUT2D eigenvalue weighted by atomic mass is 35.5. The van der Waals surface area contributed by atoms with E-state index in [9.17, 15) is 0 Å². The first-order valence-corrected chi connectivity index (χ1v) is 7.39. The Morgan fingerprint density at radius 2 is 2.11 bits per heavy atom. The SMILES string of the molecule is Cc1nn(C)c(Cl)c1CC(N)CCC1CCCC1. The van der Waals surface area contributed by atoms with Crippen LogP contribution in [-0.2, 0) is 13.5 Å². The highest BCUT2D eigenvalue weighted by molar-refractivity contribution is 6.30. The van der Waals surface area contributed by atoms with Crippen LogP contribution in [0.25, 0.3) is 0 Å². The molecule has 1 fully saturated rings. The molecule has 0 bridgehead atoms. The Bertz CT molecular complexity index is 394. The lowest BCUT2D eigenvalue weighted by Gasteiger charge is -2.14. The molecule has 1 aliphatic carbocycles. The molecule has 0 spiro atoms. The summed E-state index contributed by atoms with van der Waals surface area (Å²) in [5.41, 5.74) is 8.37. The number of nitrogens with zero attached hydrogens (tertiary/aromatic N) is 2. The van der Waals surface area contributed by atoms with Gasteiger partial charge in [-0.3, -0.25) is 4.68 Å². The van der Waals surface area contributed by atoms with Crippen LogP contribution < -0.4 is 5.73 Å². The van der Waals surface area contributed by atoms with Gasteiger partial charge in [-0.15, -0.1) is 0 Å². The van der Waals surface area contributed by atoms with Gasteiger partial charge in [0.2, 0.25) is 0 Å². The van der Waals surface area contributed by atoms with Crippen LogP contribution in [0.3, 0.4) is 0 Å². The maximum absolute atomic E-state index is 6.24. The Labute approximate surface area is 115 Å². The Kier molecular flexibility index (Phi) is 4.68. The van der Waals surface area contributed by atoms with E-state index in [2.05, 4.69) is 5.10 Å². The van der Waals surface area contributed by atoms with Crippen molar-refractivity contribution in [3.63, 3.8) is 0 Å². The van der Waals surface area contributed by atoms with E-state index in [-0.39, 0.29) is 6.04 Å². The lowest BCUT2D eigenvalue weighted by atomic mass is 9.96. The van der Waals surface area contributed by atoms with Crippen LogP contribution in [0.2, 0.25) is 5.15 Å². The summed E-state index contributed by atoms with van der Waals surface area (Å²) in [5, 5.41) is 5.07. The minimum atomic E-state index is 0.214. The Morgan fingerprint density at radius 1 is 1.44 bits per heavy atom. The van der Waals surface area contributed by atoms with Crippen LogP contribution in [0.4, 0.5) is 0 Å². The maximum Gasteiger partial charge on any atom is 0.130 e. The average Bonchev–Trinajstić information content (AvgIpc) is 2.92. The molecule has 3 nitrogen and oxygen atoms in total. The second-order valence-corrected chi connectivity index (χ2v) is 6.03. The summed E-state index contributed by atoms with van der Waals surface area (Å²) < 4.78 is 1.73. The fourth-order valence-corrected chi connectivity index (χ4v) is 3.27. The van der Waals surface area contributed by atoms with Crippen molar-refractivity contribution in [2.45, 2.75) is 57.9 Å². The van der Waals surface area contributed by atoms with Crippen LogP contribution in [0, 0.1) is 12.8 Å². The molecule has 1 atom stereocenters. The summed E-state index contributed by atoms with van der Waals surface area (Å²) >= 11 is 6.23. The van der Waals surface area contributed by atoms with Crippen LogP contribution >= 0.6 is 11.6 Å². The molecule has 1 aromatic heterocycles. The zero-order valence-electron chi connectivity index (χ0n) is 11.5. The summed E-state index contributed by atoms with van der Waals surface area (Å²) in [7, 11) is 1.88. The lowest BCUT2D eigenvalue weighted by Crippen LogP contribution is -2.23. The van der Waals surface area contributed by atoms with Gasteiger partial charge in [0.05, 0.1) is 5.69 Å². The summed E-state index contributed by atoms with van der Waals surface area (Å²) in [4.78, 5) is 0. The van der Waals surface area contributed by atoms with Crippen LogP contribution in [0.5, 0.6) is 0 Å². The highest BCUT2D eigenvalue weighted by Gasteiger charge is 2.18. The van der Waals surface area contributed by atoms with Crippen LogP contribution in [0.1, 0.15) is 49.8 Å². The van der Waals surface area contributed by atoms with E-state index in [0.717, 1.165) is 35.2 Å². The molecule has 2 rings (SSSR count). The zero-order chi connectivity index (χ0) is 13.1. The number of rotatable bonds is 5. The highest BCUT2D eigenvalue weighted by Crippen LogP contribution is 2.29. The number of halogens is 1. The molecule has 1 aromatic rings. The van der Waals surface area contributed by atoms with Gasteiger partial charge in [0, 0.05) is 18.7 Å². The molecule has 0 amide bonds. The number of nitrogens with two attached hydrogens (primary N) is 1. The van der Waals surface area contributed by atoms with Gasteiger partial charge in [-0.25, -0.2) is 0 Å². The predicted molar refractivity (Wildman–Crippen MR) is 75.8 cm³/mol. The largest absolute Gasteiger partial charge is 0.327 e. The van der Waals surface area contributed by atoms with Gasteiger partial charge in [-0.1, -0.05) is 37.3 Å². The summed E-state index contributed by atoms with van der Waals surface area (Å²) in [5.74, 6) is 0.918. The Morgan fingerprint density at radius 3 is 2.67 bits per heavy atom. The van der Waals surface area contributed by atoms with E-state index < -0.39 is 0 Å². The van der Waals surface area contributed by atoms with E-state index in [4.69, 9.17) is 17.3 Å². The monoisotopic (exact) mass is 269 g/mol. The number of aromatic nitrogens is 2. The summed E-state index contributed by atoms with van der Waals surface area (Å²) in [6.07, 6.45) is 8.86. The maximum atomic E-state index is 6.24. The minimum Gasteiger partial charge on any atom is -0.327 e. The zero-order valence-corrected chi connectivity index (χ0v) is 12.2. The van der Waals surface area contributed by atoms with Gasteiger partial charge in [0.25, 0.3) is 0 Å². The molecule has 1 saturated carbocycles. The summed E-state index contributed by atoms with van der Waals surface area (Å²) in [6.45, 7) is 2.00. The third-order valence-electron chi connectivity index (χ3n) is 4.16. The minimum absolute atomic E-state index is 0.214. The number of aryl methyl sites for hydroxylation is 2. The van der Waals surface area contributed by atoms with Crippen LogP contribution in [-0.4, -0.2) is 15.8 Å². The van der Waals surface area contributed by atoms with Gasteiger partial charge in [0.15, 0.2) is 0 Å². The molecule has 0 radical (unpaired) electrons. The average molecular weight is 270 g/mol. The second-order valence-electron chi connectivity index (χ2n) is 5.67. The van der Waals surface area contributed by atoms with E-state index in [1.54, 1.807) is 4.68 Å². The van der Waals surface area contributed by atoms with E-state index >= 15 is 0 Å². The summed E-state index contributed by atoms with van der Waals surface area (Å²) in [6, 6.07) is 0.214. The molecular formula is C14H24ClN3. The molecule has 1 unspecified atom stereocenters. The topological polar surface area (TPSA) is 43.8 Å². The third kappa shape index (κ3) is 3.27. The fraction of sp³-hybridized carbons (Fsp3) is 0.786. The van der Waals surface area contributed by atoms with E-state index in [1.165, 1.54) is 32.1 Å². The van der Waals surface area contributed by atoms with Crippen molar-refractivity contribution in [3.05, 3.63) is 16.4 Å². The second kappa shape index (κ2) is 6.07. The molecular weight excluding hydrogens is 246 g/mol. The molecule has 0 saturated heterocycles. The van der Waals surface area contributed by atoms with Crippen molar-refractivity contribution in [2.75, 3.05) is 0 Å². The van der Waals surface area contributed by atoms with Crippen LogP contribution in [0.15, 0.2) is 0 Å². The Hall–Kier alpha value is -0.540. The molecule has 2 N–H and O–H groups in total. The standard InChI is InChI=1S/C14H24ClN3/c1-10-13(14(15)18(2)17-10)9-12(16)8-7-11-5-3-4-6-11/h11-12H,3-9,16H2,1-2H3. The first-order valence-electron chi connectivity index (χ1n) is 7.01. The third-order valence-corrected chi connectivity index (χ3v) is 4.63. The van der Waals surface area contributed by atoms with Gasteiger partial charge in [-0.2, -0.15) is 5.10 Å².